The number of carboxylic acids is 1. The molecule has 0 atom stereocenters. The minimum absolute atomic E-state index is 0.0212. The van der Waals surface area contributed by atoms with E-state index in [1.54, 1.807) is 6.20 Å². The molecule has 1 heterocycles. The minimum atomic E-state index is -1.10. The molecule has 4 N–H and O–H groups in total. The molecule has 5 nitrogen and oxygen atoms in total. The van der Waals surface area contributed by atoms with E-state index in [2.05, 4.69) is 10.3 Å². The van der Waals surface area contributed by atoms with E-state index in [0.717, 1.165) is 4.88 Å². The van der Waals surface area contributed by atoms with Crippen LogP contribution in [0.4, 0.5) is 16.5 Å². The fourth-order valence-electron chi connectivity index (χ4n) is 1.44. The van der Waals surface area contributed by atoms with Crippen LogP contribution in [0.1, 0.15) is 15.2 Å². The molecule has 0 aliphatic heterocycles. The van der Waals surface area contributed by atoms with Crippen molar-refractivity contribution >= 4 is 45.4 Å². The summed E-state index contributed by atoms with van der Waals surface area (Å²) in [5.41, 5.74) is 6.20. The normalized spacial score (nSPS) is 10.3. The Morgan fingerprint density at radius 3 is 2.83 bits per heavy atom. The Morgan fingerprint density at radius 1 is 1.56 bits per heavy atom. The minimum Gasteiger partial charge on any atom is -0.478 e. The first-order valence-electron chi connectivity index (χ1n) is 4.99. The summed E-state index contributed by atoms with van der Waals surface area (Å²) >= 11 is 7.42. The molecule has 0 aliphatic rings. The zero-order valence-corrected chi connectivity index (χ0v) is 11.0. The van der Waals surface area contributed by atoms with Gasteiger partial charge in [-0.3, -0.25) is 0 Å². The molecular weight excluding hydrogens is 274 g/mol. The number of rotatable bonds is 3. The van der Waals surface area contributed by atoms with E-state index in [0.29, 0.717) is 16.5 Å². The van der Waals surface area contributed by atoms with Crippen molar-refractivity contribution in [1.29, 1.82) is 0 Å². The lowest BCUT2D eigenvalue weighted by Gasteiger charge is -2.10. The molecular formula is C11H10ClN3O2S. The summed E-state index contributed by atoms with van der Waals surface area (Å²) < 4.78 is 0. The van der Waals surface area contributed by atoms with Crippen LogP contribution in [0.5, 0.6) is 0 Å². The van der Waals surface area contributed by atoms with E-state index in [9.17, 15) is 4.79 Å². The van der Waals surface area contributed by atoms with E-state index in [1.807, 2.05) is 6.92 Å². The van der Waals surface area contributed by atoms with Crippen molar-refractivity contribution in [3.05, 3.63) is 33.8 Å². The predicted molar refractivity (Wildman–Crippen MR) is 73.0 cm³/mol. The van der Waals surface area contributed by atoms with Crippen molar-refractivity contribution in [1.82, 2.24) is 4.98 Å². The van der Waals surface area contributed by atoms with Crippen LogP contribution >= 0.6 is 22.9 Å². The van der Waals surface area contributed by atoms with Gasteiger partial charge in [-0.05, 0) is 19.1 Å². The molecule has 2 rings (SSSR count). The number of nitrogens with one attached hydrogen (secondary N) is 1. The quantitative estimate of drug-likeness (QED) is 0.753. The summed E-state index contributed by atoms with van der Waals surface area (Å²) in [7, 11) is 0. The number of aromatic carboxylic acids is 1. The van der Waals surface area contributed by atoms with Gasteiger partial charge in [0.1, 0.15) is 0 Å². The van der Waals surface area contributed by atoms with Crippen LogP contribution in [0.3, 0.4) is 0 Å². The van der Waals surface area contributed by atoms with Crippen LogP contribution in [0, 0.1) is 6.92 Å². The highest BCUT2D eigenvalue weighted by molar-refractivity contribution is 7.15. The van der Waals surface area contributed by atoms with E-state index < -0.39 is 5.97 Å². The molecule has 0 aliphatic carbocycles. The number of thiazole rings is 1. The Bertz CT molecular complexity index is 612. The maximum atomic E-state index is 11.2. The number of nitrogen functional groups attached to an aromatic ring is 1. The zero-order valence-electron chi connectivity index (χ0n) is 9.40. The van der Waals surface area contributed by atoms with Crippen LogP contribution < -0.4 is 11.1 Å². The molecule has 0 amide bonds. The maximum absolute atomic E-state index is 11.2. The van der Waals surface area contributed by atoms with Crippen molar-refractivity contribution in [3.8, 4) is 0 Å². The molecule has 0 radical (unpaired) electrons. The van der Waals surface area contributed by atoms with Crippen molar-refractivity contribution in [3.63, 3.8) is 0 Å². The third-order valence-electron chi connectivity index (χ3n) is 2.20. The molecule has 0 fully saturated rings. The molecule has 0 unspecified atom stereocenters. The number of aryl methyl sites for hydroxylation is 1. The highest BCUT2D eigenvalue weighted by Gasteiger charge is 2.16. The van der Waals surface area contributed by atoms with Gasteiger partial charge in [0, 0.05) is 16.8 Å². The number of carbonyl (C=O) groups is 1. The van der Waals surface area contributed by atoms with Crippen LogP contribution in [0.2, 0.25) is 5.02 Å². The third-order valence-corrected chi connectivity index (χ3v) is 3.32. The number of aromatic nitrogens is 1. The highest BCUT2D eigenvalue weighted by atomic mass is 35.5. The lowest BCUT2D eigenvalue weighted by Crippen LogP contribution is -2.04. The zero-order chi connectivity index (χ0) is 13.3. The second-order valence-electron chi connectivity index (χ2n) is 3.63. The monoisotopic (exact) mass is 283 g/mol. The molecule has 7 heteroatoms. The number of hydrogen-bond donors (Lipinski definition) is 3. The first kappa shape index (κ1) is 12.7. The van der Waals surface area contributed by atoms with Gasteiger partial charge in [-0.25, -0.2) is 9.78 Å². The average molecular weight is 284 g/mol. The van der Waals surface area contributed by atoms with Gasteiger partial charge >= 0.3 is 5.97 Å². The van der Waals surface area contributed by atoms with Gasteiger partial charge in [-0.1, -0.05) is 11.6 Å². The Labute approximate surface area is 112 Å². The van der Waals surface area contributed by atoms with Gasteiger partial charge in [0.15, 0.2) is 5.13 Å². The maximum Gasteiger partial charge on any atom is 0.337 e. The van der Waals surface area contributed by atoms with Gasteiger partial charge in [0.2, 0.25) is 0 Å². The molecule has 0 bridgehead atoms. The third kappa shape index (κ3) is 2.55. The van der Waals surface area contributed by atoms with Gasteiger partial charge in [-0.15, -0.1) is 11.3 Å². The van der Waals surface area contributed by atoms with Crippen molar-refractivity contribution < 1.29 is 9.90 Å². The first-order valence-corrected chi connectivity index (χ1v) is 6.18. The standard InChI is InChI=1S/C11H10ClN3O2S/c1-5-4-14-11(18-5)15-9-7(10(16)17)2-6(13)3-8(9)12/h2-4H,13H2,1H3,(H,14,15)(H,16,17). The van der Waals surface area contributed by atoms with Crippen LogP contribution in [-0.4, -0.2) is 16.1 Å². The number of anilines is 3. The van der Waals surface area contributed by atoms with Gasteiger partial charge in [0.25, 0.3) is 0 Å². The molecule has 1 aromatic carbocycles. The molecule has 1 aromatic heterocycles. The Kier molecular flexibility index (Phi) is 3.40. The molecule has 2 aromatic rings. The molecule has 94 valence electrons. The number of halogens is 1. The average Bonchev–Trinajstić information content (AvgIpc) is 2.67. The number of benzene rings is 1. The van der Waals surface area contributed by atoms with E-state index in [1.165, 1.54) is 23.5 Å². The number of carboxylic acid groups (broad SMARTS) is 1. The summed E-state index contributed by atoms with van der Waals surface area (Å²) in [6.45, 7) is 1.91. The van der Waals surface area contributed by atoms with Crippen molar-refractivity contribution in [2.75, 3.05) is 11.1 Å². The Morgan fingerprint density at radius 2 is 2.28 bits per heavy atom. The highest BCUT2D eigenvalue weighted by Crippen LogP contribution is 2.33. The fourth-order valence-corrected chi connectivity index (χ4v) is 2.39. The number of nitrogens with zero attached hydrogens (tertiary/aromatic N) is 1. The van der Waals surface area contributed by atoms with Gasteiger partial charge in [0.05, 0.1) is 16.3 Å². The van der Waals surface area contributed by atoms with E-state index in [-0.39, 0.29) is 10.6 Å². The molecule has 0 saturated carbocycles. The number of nitrogens with two attached hydrogens (primary N) is 1. The van der Waals surface area contributed by atoms with Crippen molar-refractivity contribution in [2.45, 2.75) is 6.92 Å². The predicted octanol–water partition coefficient (Wildman–Crippen LogP) is 3.13. The Hall–Kier alpha value is -1.79. The van der Waals surface area contributed by atoms with Crippen LogP contribution in [-0.2, 0) is 0 Å². The van der Waals surface area contributed by atoms with Crippen molar-refractivity contribution in [2.24, 2.45) is 0 Å². The Balaban J connectivity index is 2.46. The topological polar surface area (TPSA) is 88.2 Å². The first-order chi connectivity index (χ1) is 8.47. The summed E-state index contributed by atoms with van der Waals surface area (Å²) in [5, 5.41) is 12.9. The van der Waals surface area contributed by atoms with E-state index in [4.69, 9.17) is 22.4 Å². The van der Waals surface area contributed by atoms with E-state index >= 15 is 0 Å². The second-order valence-corrected chi connectivity index (χ2v) is 5.27. The molecule has 0 spiro atoms. The smallest absolute Gasteiger partial charge is 0.337 e. The lowest BCUT2D eigenvalue weighted by molar-refractivity contribution is 0.0698. The lowest BCUT2D eigenvalue weighted by atomic mass is 10.1. The largest absolute Gasteiger partial charge is 0.478 e. The fraction of sp³-hybridized carbons (Fsp3) is 0.0909. The van der Waals surface area contributed by atoms with Crippen LogP contribution in [0.25, 0.3) is 0 Å². The van der Waals surface area contributed by atoms with Gasteiger partial charge in [-0.2, -0.15) is 0 Å². The summed E-state index contributed by atoms with van der Waals surface area (Å²) in [6.07, 6.45) is 1.69. The summed E-state index contributed by atoms with van der Waals surface area (Å²) in [5.74, 6) is -1.10. The summed E-state index contributed by atoms with van der Waals surface area (Å²) in [4.78, 5) is 16.3. The molecule has 18 heavy (non-hydrogen) atoms. The van der Waals surface area contributed by atoms with Gasteiger partial charge < -0.3 is 16.2 Å². The SMILES string of the molecule is Cc1cnc(Nc2c(Cl)cc(N)cc2C(=O)O)s1. The van der Waals surface area contributed by atoms with Crippen LogP contribution in [0.15, 0.2) is 18.3 Å². The molecule has 0 saturated heterocycles. The second kappa shape index (κ2) is 4.83. The summed E-state index contributed by atoms with van der Waals surface area (Å²) in [6, 6.07) is 2.85. The number of hydrogen-bond acceptors (Lipinski definition) is 5.